The second-order valence-electron chi connectivity index (χ2n) is 16.1. The number of anilines is 1. The summed E-state index contributed by atoms with van der Waals surface area (Å²) >= 11 is 0. The van der Waals surface area contributed by atoms with Crippen molar-refractivity contribution in [1.82, 2.24) is 24.2 Å². The minimum absolute atomic E-state index is 0.0101. The summed E-state index contributed by atoms with van der Waals surface area (Å²) in [6.07, 6.45) is -0.846. The average Bonchev–Trinajstić information content (AvgIpc) is 3.94. The van der Waals surface area contributed by atoms with Gasteiger partial charge in [-0.05, 0) is 68.7 Å². The lowest BCUT2D eigenvalue weighted by Crippen LogP contribution is -2.49. The Morgan fingerprint density at radius 2 is 1.60 bits per heavy atom. The molecule has 2 aliphatic heterocycles. The van der Waals surface area contributed by atoms with Crippen LogP contribution in [0.3, 0.4) is 0 Å². The van der Waals surface area contributed by atoms with Gasteiger partial charge < -0.3 is 32.7 Å². The van der Waals surface area contributed by atoms with Crippen molar-refractivity contribution in [2.45, 2.75) is 89.7 Å². The number of amides is 1. The SMILES string of the molecule is COc1ccc(C(OC[C@@]23CO[C@H]([C@H](n4cnc5c(=O)[nH]c(NC(=O)C(C)C)nc54)O2)[C@H]3OP(OCCC#N)N(C(C)C)C(C)C)(c2ccccc2)c2ccc(OC)cc2)cc1. The van der Waals surface area contributed by atoms with Crippen LogP contribution in [-0.2, 0) is 33.7 Å². The van der Waals surface area contributed by atoms with Crippen molar-refractivity contribution in [3.8, 4) is 17.6 Å². The standard InChI is InChI=1S/C45H54N7O9P/c1-28(2)40(53)49-43-48-39-36(41(54)50-43)47-27-51(39)42-37-38(61-62(59-24-12-23-46)52(29(3)4)30(5)6)44(60-42,25-57-37)26-58-45(31-13-10-9-11-14-31,32-15-19-34(55-7)20-16-32)33-17-21-35(56-8)22-18-33/h9-11,13-22,27-30,37-38,42H,12,24-26H2,1-8H3,(H2,48,49,50,53,54)/t37-,38+,42+,44+,62?/m0/s1. The van der Waals surface area contributed by atoms with Crippen molar-refractivity contribution in [2.75, 3.05) is 39.4 Å². The van der Waals surface area contributed by atoms with E-state index < -0.39 is 43.7 Å². The summed E-state index contributed by atoms with van der Waals surface area (Å²) in [4.78, 5) is 37.7. The number of carbonyl (C=O) groups excluding carboxylic acids is 1. The number of nitrogens with zero attached hydrogens (tertiary/aromatic N) is 5. The number of H-pyrrole nitrogens is 1. The number of nitriles is 1. The first-order valence-corrected chi connectivity index (χ1v) is 21.8. The number of benzene rings is 3. The zero-order chi connectivity index (χ0) is 44.2. The Hall–Kier alpha value is -5.24. The fourth-order valence-corrected chi connectivity index (χ4v) is 9.82. The van der Waals surface area contributed by atoms with Crippen LogP contribution in [0.1, 0.15) is 70.9 Å². The molecular formula is C45H54N7O9P. The van der Waals surface area contributed by atoms with Crippen LogP contribution in [0.4, 0.5) is 5.95 Å². The number of carbonyl (C=O) groups is 1. The molecule has 2 saturated heterocycles. The molecule has 7 rings (SSSR count). The van der Waals surface area contributed by atoms with E-state index in [0.717, 1.165) is 16.7 Å². The first-order chi connectivity index (χ1) is 29.8. The van der Waals surface area contributed by atoms with Crippen molar-refractivity contribution < 1.29 is 37.5 Å². The van der Waals surface area contributed by atoms with Gasteiger partial charge in [-0.3, -0.25) is 24.5 Å². The molecule has 1 unspecified atom stereocenters. The van der Waals surface area contributed by atoms with Crippen LogP contribution in [0.2, 0.25) is 0 Å². The fraction of sp³-hybridized carbons (Fsp3) is 0.444. The number of imidazole rings is 1. The van der Waals surface area contributed by atoms with E-state index in [2.05, 4.69) is 58.7 Å². The molecule has 2 fully saturated rings. The number of hydrogen-bond acceptors (Lipinski definition) is 13. The van der Waals surface area contributed by atoms with Gasteiger partial charge in [-0.1, -0.05) is 68.4 Å². The van der Waals surface area contributed by atoms with Gasteiger partial charge in [0.15, 0.2) is 17.4 Å². The van der Waals surface area contributed by atoms with Crippen molar-refractivity contribution >= 4 is 31.5 Å². The van der Waals surface area contributed by atoms with Crippen LogP contribution >= 0.6 is 8.53 Å². The summed E-state index contributed by atoms with van der Waals surface area (Å²) in [7, 11) is 1.45. The minimum atomic E-state index is -1.79. The summed E-state index contributed by atoms with van der Waals surface area (Å²) in [6, 6.07) is 27.7. The number of methoxy groups -OCH3 is 2. The Balaban J connectivity index is 1.37. The molecule has 16 nitrogen and oxygen atoms in total. The van der Waals surface area contributed by atoms with Gasteiger partial charge in [-0.25, -0.2) is 9.65 Å². The lowest BCUT2D eigenvalue weighted by Gasteiger charge is -2.41. The van der Waals surface area contributed by atoms with E-state index in [0.29, 0.717) is 11.5 Å². The van der Waals surface area contributed by atoms with Gasteiger partial charge in [0.1, 0.15) is 34.9 Å². The second-order valence-corrected chi connectivity index (χ2v) is 17.5. The summed E-state index contributed by atoms with van der Waals surface area (Å²) in [5.41, 5.74) is -0.305. The molecule has 328 valence electrons. The fourth-order valence-electron chi connectivity index (χ4n) is 8.00. The largest absolute Gasteiger partial charge is 0.497 e. The van der Waals surface area contributed by atoms with Gasteiger partial charge in [0.25, 0.3) is 14.1 Å². The molecule has 0 spiro atoms. The lowest BCUT2D eigenvalue weighted by atomic mass is 9.79. The monoisotopic (exact) mass is 867 g/mol. The molecule has 62 heavy (non-hydrogen) atoms. The van der Waals surface area contributed by atoms with Gasteiger partial charge in [0.05, 0.1) is 52.9 Å². The van der Waals surface area contributed by atoms with Crippen LogP contribution in [0.5, 0.6) is 11.5 Å². The second kappa shape index (κ2) is 19.0. The topological polar surface area (TPSA) is 184 Å². The molecule has 3 aromatic carbocycles. The third kappa shape index (κ3) is 8.71. The highest BCUT2D eigenvalue weighted by molar-refractivity contribution is 7.44. The zero-order valence-electron chi connectivity index (χ0n) is 36.2. The van der Waals surface area contributed by atoms with Gasteiger partial charge in [0, 0.05) is 18.0 Å². The van der Waals surface area contributed by atoms with E-state index in [1.165, 1.54) is 6.33 Å². The molecule has 17 heteroatoms. The maximum absolute atomic E-state index is 13.3. The molecule has 2 N–H and O–H groups in total. The van der Waals surface area contributed by atoms with Crippen molar-refractivity contribution in [1.29, 1.82) is 5.26 Å². The first kappa shape index (κ1) is 44.8. The quantitative estimate of drug-likeness (QED) is 0.0489. The summed E-state index contributed by atoms with van der Waals surface area (Å²) in [6.45, 7) is 11.9. The first-order valence-electron chi connectivity index (χ1n) is 20.7. The molecule has 2 aliphatic rings. The number of rotatable bonds is 19. The van der Waals surface area contributed by atoms with Crippen molar-refractivity contribution in [3.05, 3.63) is 112 Å². The molecule has 0 saturated carbocycles. The van der Waals surface area contributed by atoms with Crippen LogP contribution < -0.4 is 20.3 Å². The average molecular weight is 868 g/mol. The van der Waals surface area contributed by atoms with E-state index in [1.54, 1.807) is 32.6 Å². The highest BCUT2D eigenvalue weighted by Crippen LogP contribution is 2.56. The van der Waals surface area contributed by atoms with Crippen molar-refractivity contribution in [3.63, 3.8) is 0 Å². The predicted molar refractivity (Wildman–Crippen MR) is 233 cm³/mol. The molecular weight excluding hydrogens is 814 g/mol. The zero-order valence-corrected chi connectivity index (χ0v) is 37.1. The molecule has 5 aromatic rings. The Kier molecular flexibility index (Phi) is 13.7. The third-order valence-electron chi connectivity index (χ3n) is 11.0. The maximum Gasteiger partial charge on any atom is 0.280 e. The summed E-state index contributed by atoms with van der Waals surface area (Å²) in [5.74, 6) is 0.665. The molecule has 1 amide bonds. The normalized spacial score (nSPS) is 20.3. The number of aromatic nitrogens is 4. The Bertz CT molecular complexity index is 2350. The predicted octanol–water partition coefficient (Wildman–Crippen LogP) is 7.07. The van der Waals surface area contributed by atoms with Gasteiger partial charge in [0.2, 0.25) is 11.9 Å². The molecule has 0 aliphatic carbocycles. The van der Waals surface area contributed by atoms with E-state index in [1.807, 2.05) is 78.9 Å². The lowest BCUT2D eigenvalue weighted by molar-refractivity contribution is -0.202. The van der Waals surface area contributed by atoms with Crippen LogP contribution in [0.15, 0.2) is 90.0 Å². The van der Waals surface area contributed by atoms with E-state index in [4.69, 9.17) is 32.7 Å². The maximum atomic E-state index is 13.3. The van der Waals surface area contributed by atoms with E-state index >= 15 is 0 Å². The Morgan fingerprint density at radius 3 is 2.16 bits per heavy atom. The molecule has 0 radical (unpaired) electrons. The highest BCUT2D eigenvalue weighted by Gasteiger charge is 2.65. The summed E-state index contributed by atoms with van der Waals surface area (Å²) in [5, 5.41) is 12.2. The third-order valence-corrected chi connectivity index (χ3v) is 13.1. The van der Waals surface area contributed by atoms with Crippen LogP contribution in [-0.4, -0.2) is 94.0 Å². The van der Waals surface area contributed by atoms with Gasteiger partial charge in [-0.2, -0.15) is 10.2 Å². The Morgan fingerprint density at radius 1 is 0.984 bits per heavy atom. The van der Waals surface area contributed by atoms with E-state index in [-0.39, 0.29) is 67.3 Å². The smallest absolute Gasteiger partial charge is 0.280 e. The highest BCUT2D eigenvalue weighted by atomic mass is 31.2. The number of nitrogens with one attached hydrogen (secondary N) is 2. The molecule has 2 bridgehead atoms. The minimum Gasteiger partial charge on any atom is -0.497 e. The van der Waals surface area contributed by atoms with Gasteiger partial charge >= 0.3 is 0 Å². The molecule has 5 atom stereocenters. The van der Waals surface area contributed by atoms with E-state index in [9.17, 15) is 14.9 Å². The Labute approximate surface area is 362 Å². The number of fused-ring (bicyclic) bond motifs is 3. The van der Waals surface area contributed by atoms with Crippen LogP contribution in [0, 0.1) is 17.2 Å². The number of ether oxygens (including phenoxy) is 5. The number of aromatic amines is 1. The van der Waals surface area contributed by atoms with Crippen LogP contribution in [0.25, 0.3) is 11.2 Å². The van der Waals surface area contributed by atoms with Gasteiger partial charge in [-0.15, -0.1) is 0 Å². The molecule has 2 aromatic heterocycles. The molecule has 4 heterocycles. The van der Waals surface area contributed by atoms with Crippen molar-refractivity contribution in [2.24, 2.45) is 5.92 Å². The summed E-state index contributed by atoms with van der Waals surface area (Å²) < 4.78 is 49.8. The number of hydrogen-bond donors (Lipinski definition) is 2.